The van der Waals surface area contributed by atoms with Crippen LogP contribution in [-0.2, 0) is 6.54 Å². The quantitative estimate of drug-likeness (QED) is 0.569. The van der Waals surface area contributed by atoms with Crippen LogP contribution in [-0.4, -0.2) is 0 Å². The molecule has 3 aromatic rings. The fraction of sp³-hybridized carbons (Fsp3) is 0.0588. The number of hydrogen-bond donors (Lipinski definition) is 1. The van der Waals surface area contributed by atoms with Gasteiger partial charge >= 0.3 is 0 Å². The van der Waals surface area contributed by atoms with E-state index < -0.39 is 0 Å². The molecule has 0 spiro atoms. The van der Waals surface area contributed by atoms with Crippen LogP contribution in [0.25, 0.3) is 10.4 Å². The number of hydrogen-bond acceptors (Lipinski definition) is 2. The lowest BCUT2D eigenvalue weighted by Crippen LogP contribution is -1.98. The molecule has 0 saturated heterocycles. The minimum Gasteiger partial charge on any atom is -0.379 e. The van der Waals surface area contributed by atoms with Crippen molar-refractivity contribution in [3.8, 4) is 10.4 Å². The maximum atomic E-state index is 3.50. The van der Waals surface area contributed by atoms with Gasteiger partial charge in [0.25, 0.3) is 0 Å². The van der Waals surface area contributed by atoms with Crippen molar-refractivity contribution in [3.05, 3.63) is 75.2 Å². The Bertz CT molecular complexity index is 691. The van der Waals surface area contributed by atoms with Gasteiger partial charge in [-0.15, -0.1) is 11.3 Å². The Morgan fingerprint density at radius 2 is 1.60 bits per heavy atom. The van der Waals surface area contributed by atoms with Crippen LogP contribution in [0.15, 0.2) is 66.7 Å². The van der Waals surface area contributed by atoms with E-state index in [0.717, 1.165) is 6.54 Å². The first-order valence-corrected chi connectivity index (χ1v) is 8.35. The van der Waals surface area contributed by atoms with Gasteiger partial charge in [-0.3, -0.25) is 0 Å². The molecule has 0 saturated carbocycles. The molecule has 0 aliphatic carbocycles. The number of nitrogens with one attached hydrogen (secondary N) is 1. The number of rotatable bonds is 4. The van der Waals surface area contributed by atoms with E-state index >= 15 is 0 Å². The summed E-state index contributed by atoms with van der Waals surface area (Å²) >= 11 is 4.20. The molecule has 1 aromatic heterocycles. The molecule has 20 heavy (non-hydrogen) atoms. The molecule has 1 nitrogen and oxygen atoms in total. The smallest absolute Gasteiger partial charge is 0.0494 e. The predicted octanol–water partition coefficient (Wildman–Crippen LogP) is 5.63. The number of para-hydroxylation sites is 1. The Hall–Kier alpha value is -1.33. The lowest BCUT2D eigenvalue weighted by molar-refractivity contribution is 1.19. The van der Waals surface area contributed by atoms with Gasteiger partial charge in [0.2, 0.25) is 0 Å². The SMILES string of the molecule is Ic1ccccc1NCc1ccc(-c2ccccc2)s1. The lowest BCUT2D eigenvalue weighted by atomic mass is 10.2. The maximum absolute atomic E-state index is 3.50. The van der Waals surface area contributed by atoms with Crippen LogP contribution in [0.1, 0.15) is 4.88 Å². The van der Waals surface area contributed by atoms with E-state index in [1.807, 2.05) is 11.3 Å². The van der Waals surface area contributed by atoms with E-state index in [9.17, 15) is 0 Å². The third-order valence-electron chi connectivity index (χ3n) is 3.05. The highest BCUT2D eigenvalue weighted by Gasteiger charge is 2.03. The van der Waals surface area contributed by atoms with Crippen molar-refractivity contribution in [2.75, 3.05) is 5.32 Å². The molecular weight excluding hydrogens is 377 g/mol. The summed E-state index contributed by atoms with van der Waals surface area (Å²) in [6.07, 6.45) is 0. The zero-order chi connectivity index (χ0) is 13.8. The molecule has 0 aliphatic rings. The highest BCUT2D eigenvalue weighted by molar-refractivity contribution is 14.1. The average molecular weight is 391 g/mol. The molecule has 0 unspecified atom stereocenters. The van der Waals surface area contributed by atoms with Crippen molar-refractivity contribution in [3.63, 3.8) is 0 Å². The third kappa shape index (κ3) is 3.22. The number of benzene rings is 2. The third-order valence-corrected chi connectivity index (χ3v) is 5.12. The summed E-state index contributed by atoms with van der Waals surface area (Å²) in [5.41, 5.74) is 2.49. The Labute approximate surface area is 136 Å². The molecule has 1 N–H and O–H groups in total. The van der Waals surface area contributed by atoms with Crippen LogP contribution in [0.5, 0.6) is 0 Å². The second kappa shape index (κ2) is 6.41. The van der Waals surface area contributed by atoms with Gasteiger partial charge in [-0.05, 0) is 52.4 Å². The first-order chi connectivity index (χ1) is 9.83. The van der Waals surface area contributed by atoms with Crippen LogP contribution in [0.4, 0.5) is 5.69 Å². The topological polar surface area (TPSA) is 12.0 Å². The molecule has 0 radical (unpaired) electrons. The summed E-state index contributed by atoms with van der Waals surface area (Å²) in [7, 11) is 0. The molecular formula is C17H14INS. The Balaban J connectivity index is 1.71. The van der Waals surface area contributed by atoms with E-state index in [0.29, 0.717) is 0 Å². The van der Waals surface area contributed by atoms with E-state index in [4.69, 9.17) is 0 Å². The summed E-state index contributed by atoms with van der Waals surface area (Å²) in [6, 6.07) is 23.3. The van der Waals surface area contributed by atoms with Crippen LogP contribution in [0.2, 0.25) is 0 Å². The van der Waals surface area contributed by atoms with E-state index in [1.54, 1.807) is 0 Å². The first kappa shape index (κ1) is 13.6. The minimum atomic E-state index is 0.873. The zero-order valence-electron chi connectivity index (χ0n) is 10.8. The zero-order valence-corrected chi connectivity index (χ0v) is 13.8. The molecule has 0 aliphatic heterocycles. The van der Waals surface area contributed by atoms with Crippen LogP contribution >= 0.6 is 33.9 Å². The molecule has 100 valence electrons. The second-order valence-electron chi connectivity index (χ2n) is 4.47. The highest BCUT2D eigenvalue weighted by atomic mass is 127. The summed E-state index contributed by atoms with van der Waals surface area (Å²) in [5, 5.41) is 3.50. The van der Waals surface area contributed by atoms with Gasteiger partial charge in [-0.1, -0.05) is 42.5 Å². The van der Waals surface area contributed by atoms with Gasteiger partial charge in [-0.25, -0.2) is 0 Å². The van der Waals surface area contributed by atoms with E-state index in [2.05, 4.69) is 94.6 Å². The molecule has 0 bridgehead atoms. The minimum absolute atomic E-state index is 0.873. The van der Waals surface area contributed by atoms with E-state index in [-0.39, 0.29) is 0 Å². The van der Waals surface area contributed by atoms with Crippen molar-refractivity contribution >= 4 is 39.6 Å². The molecule has 3 heteroatoms. The normalized spacial score (nSPS) is 10.4. The Morgan fingerprint density at radius 1 is 0.850 bits per heavy atom. The van der Waals surface area contributed by atoms with Crippen molar-refractivity contribution < 1.29 is 0 Å². The molecule has 3 rings (SSSR count). The molecule has 2 aromatic carbocycles. The standard InChI is InChI=1S/C17H14INS/c18-15-8-4-5-9-16(15)19-12-14-10-11-17(20-14)13-6-2-1-3-7-13/h1-11,19H,12H2. The summed E-state index contributed by atoms with van der Waals surface area (Å²) in [5.74, 6) is 0. The van der Waals surface area contributed by atoms with E-state index in [1.165, 1.54) is 24.6 Å². The fourth-order valence-corrected chi connectivity index (χ4v) is 3.55. The lowest BCUT2D eigenvalue weighted by Gasteiger charge is -2.06. The van der Waals surface area contributed by atoms with Crippen LogP contribution < -0.4 is 5.32 Å². The molecule has 0 amide bonds. The van der Waals surface area contributed by atoms with Gasteiger partial charge in [0.1, 0.15) is 0 Å². The van der Waals surface area contributed by atoms with Gasteiger partial charge in [0.15, 0.2) is 0 Å². The van der Waals surface area contributed by atoms with Crippen LogP contribution in [0.3, 0.4) is 0 Å². The Morgan fingerprint density at radius 3 is 2.40 bits per heavy atom. The largest absolute Gasteiger partial charge is 0.379 e. The number of thiophene rings is 1. The number of anilines is 1. The second-order valence-corrected chi connectivity index (χ2v) is 6.80. The van der Waals surface area contributed by atoms with Crippen molar-refractivity contribution in [1.82, 2.24) is 0 Å². The van der Waals surface area contributed by atoms with Crippen molar-refractivity contribution in [2.24, 2.45) is 0 Å². The summed E-state index contributed by atoms with van der Waals surface area (Å²) < 4.78 is 1.25. The number of halogens is 1. The maximum Gasteiger partial charge on any atom is 0.0494 e. The van der Waals surface area contributed by atoms with Gasteiger partial charge < -0.3 is 5.32 Å². The van der Waals surface area contributed by atoms with Gasteiger partial charge in [0, 0.05) is 25.6 Å². The molecule has 0 fully saturated rings. The average Bonchev–Trinajstić information content (AvgIpc) is 2.96. The van der Waals surface area contributed by atoms with Gasteiger partial charge in [0.05, 0.1) is 0 Å². The predicted molar refractivity (Wildman–Crippen MR) is 96.2 cm³/mol. The van der Waals surface area contributed by atoms with Crippen LogP contribution in [0, 0.1) is 3.57 Å². The summed E-state index contributed by atoms with van der Waals surface area (Å²) in [6.45, 7) is 0.873. The van der Waals surface area contributed by atoms with Crippen molar-refractivity contribution in [1.29, 1.82) is 0 Å². The summed E-state index contributed by atoms with van der Waals surface area (Å²) in [4.78, 5) is 2.67. The Kier molecular flexibility index (Phi) is 4.38. The molecule has 0 atom stereocenters. The van der Waals surface area contributed by atoms with Gasteiger partial charge in [-0.2, -0.15) is 0 Å². The molecule has 1 heterocycles. The highest BCUT2D eigenvalue weighted by Crippen LogP contribution is 2.28. The monoisotopic (exact) mass is 391 g/mol. The first-order valence-electron chi connectivity index (χ1n) is 6.45. The fourth-order valence-electron chi connectivity index (χ4n) is 2.02. The van der Waals surface area contributed by atoms with Crippen molar-refractivity contribution in [2.45, 2.75) is 6.54 Å².